The summed E-state index contributed by atoms with van der Waals surface area (Å²) in [6.07, 6.45) is 0. The van der Waals surface area contributed by atoms with Crippen molar-refractivity contribution in [1.29, 1.82) is 0 Å². The molecule has 2 N–H and O–H groups in total. The minimum Gasteiger partial charge on any atom is -0.489 e. The summed E-state index contributed by atoms with van der Waals surface area (Å²) in [6.45, 7) is 1.42. The fourth-order valence-corrected chi connectivity index (χ4v) is 2.22. The fourth-order valence-electron chi connectivity index (χ4n) is 1.76. The summed E-state index contributed by atoms with van der Waals surface area (Å²) in [5.41, 5.74) is 2.21. The molecule has 0 atom stereocenters. The van der Waals surface area contributed by atoms with E-state index in [9.17, 15) is 0 Å². The molecule has 2 aromatic rings. The maximum absolute atomic E-state index is 6.09. The molecule has 0 aliphatic rings. The van der Waals surface area contributed by atoms with Gasteiger partial charge in [-0.15, -0.1) is 0 Å². The van der Waals surface area contributed by atoms with E-state index >= 15 is 0 Å². The molecule has 0 bridgehead atoms. The van der Waals surface area contributed by atoms with Crippen LogP contribution in [-0.2, 0) is 13.2 Å². The standard InChI is InChI=1S/C15H15Cl2NO/c1-18-9-11-2-6-14(7-3-11)19-10-12-4-5-13(16)8-15(12)17/h2-8,18H,9-10H2,1H3/p+1. The minimum absolute atomic E-state index is 0.440. The summed E-state index contributed by atoms with van der Waals surface area (Å²) in [5.74, 6) is 0.839. The van der Waals surface area contributed by atoms with Crippen molar-refractivity contribution in [2.24, 2.45) is 0 Å². The van der Waals surface area contributed by atoms with Crippen LogP contribution in [0, 0.1) is 0 Å². The van der Waals surface area contributed by atoms with Gasteiger partial charge in [0.1, 0.15) is 18.9 Å². The Labute approximate surface area is 123 Å². The summed E-state index contributed by atoms with van der Waals surface area (Å²) in [4.78, 5) is 0. The van der Waals surface area contributed by atoms with Gasteiger partial charge in [-0.3, -0.25) is 0 Å². The first-order chi connectivity index (χ1) is 9.19. The van der Waals surface area contributed by atoms with E-state index in [0.717, 1.165) is 17.9 Å². The monoisotopic (exact) mass is 296 g/mol. The van der Waals surface area contributed by atoms with Crippen molar-refractivity contribution >= 4 is 23.2 Å². The highest BCUT2D eigenvalue weighted by Gasteiger charge is 2.03. The van der Waals surface area contributed by atoms with Crippen LogP contribution in [0.4, 0.5) is 0 Å². The third-order valence-corrected chi connectivity index (χ3v) is 3.36. The highest BCUT2D eigenvalue weighted by molar-refractivity contribution is 6.35. The second-order valence-electron chi connectivity index (χ2n) is 4.28. The molecule has 0 unspecified atom stereocenters. The molecule has 19 heavy (non-hydrogen) atoms. The molecule has 0 spiro atoms. The van der Waals surface area contributed by atoms with Gasteiger partial charge in [-0.2, -0.15) is 0 Å². The minimum atomic E-state index is 0.440. The van der Waals surface area contributed by atoms with Gasteiger partial charge >= 0.3 is 0 Å². The first-order valence-corrected chi connectivity index (χ1v) is 6.88. The Morgan fingerprint density at radius 2 is 1.79 bits per heavy atom. The molecular weight excluding hydrogens is 281 g/mol. The largest absolute Gasteiger partial charge is 0.489 e. The number of halogens is 2. The van der Waals surface area contributed by atoms with E-state index in [4.69, 9.17) is 27.9 Å². The molecule has 4 heteroatoms. The second-order valence-corrected chi connectivity index (χ2v) is 5.12. The molecular formula is C15H16Cl2NO+. The van der Waals surface area contributed by atoms with Gasteiger partial charge in [0.15, 0.2) is 0 Å². The quantitative estimate of drug-likeness (QED) is 0.900. The Morgan fingerprint density at radius 1 is 1.05 bits per heavy atom. The number of hydrogen-bond donors (Lipinski definition) is 1. The van der Waals surface area contributed by atoms with Crippen molar-refractivity contribution in [1.82, 2.24) is 0 Å². The van der Waals surface area contributed by atoms with Gasteiger partial charge in [-0.1, -0.05) is 29.3 Å². The third kappa shape index (κ3) is 4.13. The van der Waals surface area contributed by atoms with Gasteiger partial charge in [-0.05, 0) is 36.4 Å². The number of ether oxygens (including phenoxy) is 1. The van der Waals surface area contributed by atoms with Gasteiger partial charge in [0.05, 0.1) is 7.05 Å². The fraction of sp³-hybridized carbons (Fsp3) is 0.200. The predicted octanol–water partition coefficient (Wildman–Crippen LogP) is 3.27. The summed E-state index contributed by atoms with van der Waals surface area (Å²) in [6, 6.07) is 13.5. The van der Waals surface area contributed by atoms with Gasteiger partial charge in [-0.25, -0.2) is 0 Å². The van der Waals surface area contributed by atoms with E-state index in [0.29, 0.717) is 16.7 Å². The Bertz CT molecular complexity index is 540. The van der Waals surface area contributed by atoms with Crippen molar-refractivity contribution in [3.63, 3.8) is 0 Å². The average Bonchev–Trinajstić information content (AvgIpc) is 2.40. The molecule has 0 aromatic heterocycles. The van der Waals surface area contributed by atoms with Crippen LogP contribution >= 0.6 is 23.2 Å². The SMILES string of the molecule is C[NH2+]Cc1ccc(OCc2ccc(Cl)cc2Cl)cc1. The van der Waals surface area contributed by atoms with E-state index in [2.05, 4.69) is 17.4 Å². The zero-order valence-electron chi connectivity index (χ0n) is 10.7. The van der Waals surface area contributed by atoms with Crippen molar-refractivity contribution in [2.45, 2.75) is 13.2 Å². The maximum atomic E-state index is 6.09. The van der Waals surface area contributed by atoms with Gasteiger partial charge in [0.2, 0.25) is 0 Å². The number of quaternary nitrogens is 1. The van der Waals surface area contributed by atoms with Crippen LogP contribution in [0.2, 0.25) is 10.0 Å². The zero-order chi connectivity index (χ0) is 13.7. The lowest BCUT2D eigenvalue weighted by Crippen LogP contribution is -2.77. The molecule has 2 nitrogen and oxygen atoms in total. The summed E-state index contributed by atoms with van der Waals surface area (Å²) in [7, 11) is 2.05. The van der Waals surface area contributed by atoms with Crippen molar-refractivity contribution in [2.75, 3.05) is 7.05 Å². The van der Waals surface area contributed by atoms with E-state index in [-0.39, 0.29) is 0 Å². The summed E-state index contributed by atoms with van der Waals surface area (Å²) >= 11 is 11.9. The Hall–Kier alpha value is -1.22. The van der Waals surface area contributed by atoms with Gasteiger partial charge in [0.25, 0.3) is 0 Å². The molecule has 0 saturated carbocycles. The van der Waals surface area contributed by atoms with Gasteiger partial charge < -0.3 is 10.1 Å². The summed E-state index contributed by atoms with van der Waals surface area (Å²) in [5, 5.41) is 3.39. The number of rotatable bonds is 5. The van der Waals surface area contributed by atoms with Crippen LogP contribution in [-0.4, -0.2) is 7.05 Å². The molecule has 100 valence electrons. The predicted molar refractivity (Wildman–Crippen MR) is 78.8 cm³/mol. The third-order valence-electron chi connectivity index (χ3n) is 2.77. The molecule has 0 amide bonds. The van der Waals surface area contributed by atoms with E-state index < -0.39 is 0 Å². The van der Waals surface area contributed by atoms with Crippen molar-refractivity contribution in [3.05, 3.63) is 63.6 Å². The lowest BCUT2D eigenvalue weighted by molar-refractivity contribution is -0.643. The number of benzene rings is 2. The highest BCUT2D eigenvalue weighted by atomic mass is 35.5. The van der Waals surface area contributed by atoms with E-state index in [1.165, 1.54) is 5.56 Å². The highest BCUT2D eigenvalue weighted by Crippen LogP contribution is 2.22. The Morgan fingerprint density at radius 3 is 2.42 bits per heavy atom. The number of hydrogen-bond acceptors (Lipinski definition) is 1. The molecule has 0 fully saturated rings. The Kier molecular flexibility index (Phi) is 5.08. The van der Waals surface area contributed by atoms with Crippen LogP contribution in [0.3, 0.4) is 0 Å². The molecule has 2 aromatic carbocycles. The molecule has 0 heterocycles. The first kappa shape index (κ1) is 14.2. The van der Waals surface area contributed by atoms with E-state index in [1.54, 1.807) is 6.07 Å². The van der Waals surface area contributed by atoms with Crippen LogP contribution in [0.5, 0.6) is 5.75 Å². The van der Waals surface area contributed by atoms with E-state index in [1.807, 2.05) is 31.3 Å². The first-order valence-electron chi connectivity index (χ1n) is 6.12. The molecule has 0 saturated heterocycles. The van der Waals surface area contributed by atoms with Crippen LogP contribution < -0.4 is 10.1 Å². The average molecular weight is 297 g/mol. The molecule has 2 rings (SSSR count). The topological polar surface area (TPSA) is 25.8 Å². The molecule has 0 aliphatic heterocycles. The maximum Gasteiger partial charge on any atom is 0.119 e. The smallest absolute Gasteiger partial charge is 0.119 e. The normalized spacial score (nSPS) is 10.5. The second kappa shape index (κ2) is 6.80. The van der Waals surface area contributed by atoms with Crippen molar-refractivity contribution in [3.8, 4) is 5.75 Å². The van der Waals surface area contributed by atoms with Crippen molar-refractivity contribution < 1.29 is 10.1 Å². The van der Waals surface area contributed by atoms with Crippen LogP contribution in [0.25, 0.3) is 0 Å². The zero-order valence-corrected chi connectivity index (χ0v) is 12.2. The summed E-state index contributed by atoms with van der Waals surface area (Å²) < 4.78 is 5.71. The van der Waals surface area contributed by atoms with Gasteiger partial charge in [0, 0.05) is 21.2 Å². The molecule has 0 radical (unpaired) electrons. The lowest BCUT2D eigenvalue weighted by atomic mass is 10.2. The van der Waals surface area contributed by atoms with Crippen LogP contribution in [0.15, 0.2) is 42.5 Å². The molecule has 0 aliphatic carbocycles. The number of nitrogens with two attached hydrogens (primary N) is 1. The Balaban J connectivity index is 1.98. The lowest BCUT2D eigenvalue weighted by Gasteiger charge is -2.08. The van der Waals surface area contributed by atoms with Crippen LogP contribution in [0.1, 0.15) is 11.1 Å².